The first-order valence-corrected chi connectivity index (χ1v) is 5.53. The largest absolute Gasteiger partial charge is 0.494 e. The molecule has 1 aromatic rings. The Labute approximate surface area is 102 Å². The summed E-state index contributed by atoms with van der Waals surface area (Å²) in [5, 5.41) is 0.409. The van der Waals surface area contributed by atoms with Crippen LogP contribution in [0.1, 0.15) is 16.8 Å². The molecule has 0 aromatic heterocycles. The molecule has 15 heavy (non-hydrogen) atoms. The van der Waals surface area contributed by atoms with Crippen LogP contribution < -0.4 is 10.5 Å². The van der Waals surface area contributed by atoms with E-state index < -0.39 is 0 Å². The standard InChI is InChI=1S/C10H11BrClNO2/c1-15-10-7(9(14)2-3-13)4-6(11)5-8(10)12/h4-5H,2-3,13H2,1H3. The Morgan fingerprint density at radius 1 is 1.60 bits per heavy atom. The molecule has 0 radical (unpaired) electrons. The summed E-state index contributed by atoms with van der Waals surface area (Å²) >= 11 is 9.21. The molecule has 0 aliphatic rings. The molecule has 3 nitrogen and oxygen atoms in total. The molecule has 82 valence electrons. The van der Waals surface area contributed by atoms with Crippen LogP contribution in [0.3, 0.4) is 0 Å². The van der Waals surface area contributed by atoms with Crippen molar-refractivity contribution in [1.29, 1.82) is 0 Å². The Bertz CT molecular complexity index is 382. The smallest absolute Gasteiger partial charge is 0.167 e. The average molecular weight is 293 g/mol. The number of hydrogen-bond acceptors (Lipinski definition) is 3. The predicted octanol–water partition coefficient (Wildman–Crippen LogP) is 2.64. The quantitative estimate of drug-likeness (QED) is 0.868. The number of carbonyl (C=O) groups is 1. The van der Waals surface area contributed by atoms with Crippen molar-refractivity contribution in [3.8, 4) is 5.75 Å². The molecule has 0 aliphatic heterocycles. The number of ketones is 1. The van der Waals surface area contributed by atoms with E-state index in [1.807, 2.05) is 0 Å². The van der Waals surface area contributed by atoms with Gasteiger partial charge >= 0.3 is 0 Å². The summed E-state index contributed by atoms with van der Waals surface area (Å²) < 4.78 is 5.83. The second-order valence-corrected chi connectivity index (χ2v) is 4.25. The first kappa shape index (κ1) is 12.5. The number of methoxy groups -OCH3 is 1. The molecule has 0 saturated carbocycles. The summed E-state index contributed by atoms with van der Waals surface area (Å²) in [6.45, 7) is 0.312. The maximum absolute atomic E-state index is 11.7. The SMILES string of the molecule is COc1c(Cl)cc(Br)cc1C(=O)CCN. The number of carbonyl (C=O) groups excluding carboxylic acids is 1. The van der Waals surface area contributed by atoms with Crippen molar-refractivity contribution < 1.29 is 9.53 Å². The highest BCUT2D eigenvalue weighted by Crippen LogP contribution is 2.32. The number of ether oxygens (including phenoxy) is 1. The van der Waals surface area contributed by atoms with Gasteiger partial charge in [-0.15, -0.1) is 0 Å². The molecule has 1 aromatic carbocycles. The van der Waals surface area contributed by atoms with Crippen LogP contribution in [-0.2, 0) is 0 Å². The summed E-state index contributed by atoms with van der Waals surface area (Å²) in [6.07, 6.45) is 0.281. The highest BCUT2D eigenvalue weighted by atomic mass is 79.9. The van der Waals surface area contributed by atoms with Crippen LogP contribution in [0.4, 0.5) is 0 Å². The van der Waals surface area contributed by atoms with E-state index in [1.54, 1.807) is 12.1 Å². The van der Waals surface area contributed by atoms with Gasteiger partial charge in [0.1, 0.15) is 5.75 Å². The van der Waals surface area contributed by atoms with E-state index in [0.29, 0.717) is 22.9 Å². The third-order valence-electron chi connectivity index (χ3n) is 1.88. The summed E-state index contributed by atoms with van der Waals surface area (Å²) in [5.41, 5.74) is 5.79. The van der Waals surface area contributed by atoms with Gasteiger partial charge in [-0.2, -0.15) is 0 Å². The molecule has 0 saturated heterocycles. The first-order chi connectivity index (χ1) is 7.10. The van der Waals surface area contributed by atoms with Crippen molar-refractivity contribution in [3.63, 3.8) is 0 Å². The topological polar surface area (TPSA) is 52.3 Å². The minimum atomic E-state index is -0.0717. The maximum Gasteiger partial charge on any atom is 0.167 e. The maximum atomic E-state index is 11.7. The van der Waals surface area contributed by atoms with Crippen LogP contribution in [0.5, 0.6) is 5.75 Å². The second-order valence-electron chi connectivity index (χ2n) is 2.93. The number of hydrogen-bond donors (Lipinski definition) is 1. The molecule has 0 fully saturated rings. The molecule has 2 N–H and O–H groups in total. The molecule has 0 aliphatic carbocycles. The monoisotopic (exact) mass is 291 g/mol. The fourth-order valence-electron chi connectivity index (χ4n) is 1.24. The third kappa shape index (κ3) is 2.93. The van der Waals surface area contributed by atoms with E-state index in [2.05, 4.69) is 15.9 Å². The minimum Gasteiger partial charge on any atom is -0.494 e. The molecule has 0 heterocycles. The van der Waals surface area contributed by atoms with Crippen LogP contribution >= 0.6 is 27.5 Å². The Morgan fingerprint density at radius 2 is 2.27 bits per heavy atom. The van der Waals surface area contributed by atoms with Crippen molar-refractivity contribution >= 4 is 33.3 Å². The van der Waals surface area contributed by atoms with E-state index in [-0.39, 0.29) is 12.2 Å². The fraction of sp³-hybridized carbons (Fsp3) is 0.300. The molecule has 1 rings (SSSR count). The molecule has 0 unspecified atom stereocenters. The number of nitrogens with two attached hydrogens (primary N) is 1. The summed E-state index contributed by atoms with van der Waals surface area (Å²) in [6, 6.07) is 3.36. The van der Waals surface area contributed by atoms with Crippen LogP contribution in [0, 0.1) is 0 Å². The lowest BCUT2D eigenvalue weighted by Gasteiger charge is -2.09. The lowest BCUT2D eigenvalue weighted by molar-refractivity contribution is 0.0982. The molecular formula is C10H11BrClNO2. The van der Waals surface area contributed by atoms with Crippen molar-refractivity contribution in [1.82, 2.24) is 0 Å². The summed E-state index contributed by atoms with van der Waals surface area (Å²) in [7, 11) is 1.48. The highest BCUT2D eigenvalue weighted by Gasteiger charge is 2.15. The second kappa shape index (κ2) is 5.49. The van der Waals surface area contributed by atoms with Gasteiger partial charge in [-0.25, -0.2) is 0 Å². The predicted molar refractivity (Wildman–Crippen MR) is 63.7 cm³/mol. The van der Waals surface area contributed by atoms with Crippen molar-refractivity contribution in [3.05, 3.63) is 27.2 Å². The van der Waals surface area contributed by atoms with Gasteiger partial charge in [0.15, 0.2) is 5.78 Å². The van der Waals surface area contributed by atoms with Crippen LogP contribution in [0.25, 0.3) is 0 Å². The lowest BCUT2D eigenvalue weighted by atomic mass is 10.1. The summed E-state index contributed by atoms with van der Waals surface area (Å²) in [4.78, 5) is 11.7. The van der Waals surface area contributed by atoms with Gasteiger partial charge in [-0.3, -0.25) is 4.79 Å². The number of halogens is 2. The third-order valence-corrected chi connectivity index (χ3v) is 2.62. The summed E-state index contributed by atoms with van der Waals surface area (Å²) in [5.74, 6) is 0.330. The van der Waals surface area contributed by atoms with Gasteiger partial charge in [0.05, 0.1) is 17.7 Å². The lowest BCUT2D eigenvalue weighted by Crippen LogP contribution is -2.09. The molecule has 0 atom stereocenters. The fourth-order valence-corrected chi connectivity index (χ4v) is 2.13. The van der Waals surface area contributed by atoms with Crippen molar-refractivity contribution in [2.45, 2.75) is 6.42 Å². The van der Waals surface area contributed by atoms with Gasteiger partial charge in [0, 0.05) is 10.9 Å². The molecule has 0 bridgehead atoms. The molecular weight excluding hydrogens is 281 g/mol. The molecule has 0 amide bonds. The molecule has 0 spiro atoms. The van der Waals surface area contributed by atoms with Crippen LogP contribution in [0.15, 0.2) is 16.6 Å². The Morgan fingerprint density at radius 3 is 2.80 bits per heavy atom. The van der Waals surface area contributed by atoms with Gasteiger partial charge < -0.3 is 10.5 Å². The normalized spacial score (nSPS) is 10.1. The van der Waals surface area contributed by atoms with Gasteiger partial charge in [0.25, 0.3) is 0 Å². The number of benzene rings is 1. The number of Topliss-reactive ketones (excluding diaryl/α,β-unsaturated/α-hetero) is 1. The van der Waals surface area contributed by atoms with E-state index in [9.17, 15) is 4.79 Å². The van der Waals surface area contributed by atoms with E-state index in [0.717, 1.165) is 4.47 Å². The molecule has 5 heteroatoms. The number of rotatable bonds is 4. The average Bonchev–Trinajstić information content (AvgIpc) is 2.17. The van der Waals surface area contributed by atoms with E-state index in [4.69, 9.17) is 22.1 Å². The van der Waals surface area contributed by atoms with Crippen molar-refractivity contribution in [2.24, 2.45) is 5.73 Å². The van der Waals surface area contributed by atoms with Gasteiger partial charge in [0.2, 0.25) is 0 Å². The zero-order valence-corrected chi connectivity index (χ0v) is 10.6. The Hall–Kier alpha value is -0.580. The highest BCUT2D eigenvalue weighted by molar-refractivity contribution is 9.10. The van der Waals surface area contributed by atoms with Crippen LogP contribution in [-0.4, -0.2) is 19.4 Å². The zero-order valence-electron chi connectivity index (χ0n) is 8.22. The van der Waals surface area contributed by atoms with Crippen LogP contribution in [0.2, 0.25) is 5.02 Å². The van der Waals surface area contributed by atoms with E-state index >= 15 is 0 Å². The Kier molecular flexibility index (Phi) is 4.57. The van der Waals surface area contributed by atoms with Gasteiger partial charge in [-0.1, -0.05) is 27.5 Å². The van der Waals surface area contributed by atoms with E-state index in [1.165, 1.54) is 7.11 Å². The zero-order chi connectivity index (χ0) is 11.4. The first-order valence-electron chi connectivity index (χ1n) is 4.36. The van der Waals surface area contributed by atoms with Crippen molar-refractivity contribution in [2.75, 3.05) is 13.7 Å². The minimum absolute atomic E-state index is 0.0717. The Balaban J connectivity index is 3.20. The van der Waals surface area contributed by atoms with Gasteiger partial charge in [-0.05, 0) is 18.7 Å².